The zero-order valence-corrected chi connectivity index (χ0v) is 10.8. The molecule has 6 nitrogen and oxygen atoms in total. The van der Waals surface area contributed by atoms with Crippen LogP contribution in [0, 0.1) is 0 Å². The molecule has 0 bridgehead atoms. The number of H-pyrrole nitrogens is 1. The van der Waals surface area contributed by atoms with Crippen molar-refractivity contribution in [2.45, 2.75) is 4.90 Å². The average molecular weight is 282 g/mol. The molecule has 0 unspecified atom stereocenters. The van der Waals surface area contributed by atoms with Gasteiger partial charge < -0.3 is 5.73 Å². The number of sulfonamides is 1. The molecule has 0 aliphatic rings. The summed E-state index contributed by atoms with van der Waals surface area (Å²) in [7, 11) is -3.68. The number of anilines is 1. The number of rotatable bonds is 4. The number of hydrogen-bond donors (Lipinski definition) is 3. The van der Waals surface area contributed by atoms with Gasteiger partial charge in [-0.2, -0.15) is 5.10 Å². The summed E-state index contributed by atoms with van der Waals surface area (Å²) in [4.78, 5) is 0.167. The number of benzene rings is 1. The maximum atomic E-state index is 12.0. The highest BCUT2D eigenvalue weighted by Gasteiger charge is 2.17. The monoisotopic (exact) mass is 282 g/mol. The lowest BCUT2D eigenvalue weighted by Crippen LogP contribution is -2.17. The van der Waals surface area contributed by atoms with E-state index in [1.807, 2.05) is 0 Å². The van der Waals surface area contributed by atoms with Crippen molar-refractivity contribution in [2.75, 3.05) is 4.72 Å². The van der Waals surface area contributed by atoms with Crippen LogP contribution in [0.15, 0.2) is 41.6 Å². The van der Waals surface area contributed by atoms with Crippen molar-refractivity contribution < 1.29 is 8.42 Å². The quantitative estimate of drug-likeness (QED) is 0.722. The van der Waals surface area contributed by atoms with E-state index >= 15 is 0 Å². The van der Waals surface area contributed by atoms with E-state index in [4.69, 9.17) is 18.0 Å². The van der Waals surface area contributed by atoms with Gasteiger partial charge in [0.2, 0.25) is 0 Å². The van der Waals surface area contributed by atoms with Crippen LogP contribution in [0.3, 0.4) is 0 Å². The summed E-state index contributed by atoms with van der Waals surface area (Å²) in [5.74, 6) is 0. The molecule has 1 heterocycles. The molecule has 0 aliphatic heterocycles. The van der Waals surface area contributed by atoms with Crippen molar-refractivity contribution in [3.63, 3.8) is 0 Å². The summed E-state index contributed by atoms with van der Waals surface area (Å²) < 4.78 is 26.4. The van der Waals surface area contributed by atoms with E-state index in [-0.39, 0.29) is 9.88 Å². The van der Waals surface area contributed by atoms with Crippen LogP contribution in [-0.2, 0) is 10.0 Å². The lowest BCUT2D eigenvalue weighted by molar-refractivity contribution is 0.601. The third-order valence-corrected chi connectivity index (χ3v) is 3.77. The van der Waals surface area contributed by atoms with Crippen molar-refractivity contribution in [3.05, 3.63) is 42.2 Å². The smallest absolute Gasteiger partial charge is 0.265 e. The Morgan fingerprint density at radius 2 is 2.11 bits per heavy atom. The van der Waals surface area contributed by atoms with Crippen LogP contribution in [0.4, 0.5) is 5.69 Å². The summed E-state index contributed by atoms with van der Waals surface area (Å²) in [6.45, 7) is 0. The minimum atomic E-state index is -3.68. The zero-order chi connectivity index (χ0) is 13.2. The number of nitrogens with one attached hydrogen (secondary N) is 2. The summed E-state index contributed by atoms with van der Waals surface area (Å²) in [5, 5.41) is 6.03. The van der Waals surface area contributed by atoms with E-state index < -0.39 is 10.0 Å². The van der Waals surface area contributed by atoms with Crippen molar-refractivity contribution in [1.29, 1.82) is 0 Å². The van der Waals surface area contributed by atoms with Crippen LogP contribution in [-0.4, -0.2) is 23.6 Å². The van der Waals surface area contributed by atoms with E-state index in [9.17, 15) is 8.42 Å². The van der Waals surface area contributed by atoms with Gasteiger partial charge >= 0.3 is 0 Å². The predicted molar refractivity (Wildman–Crippen MR) is 71.7 cm³/mol. The molecule has 2 aromatic rings. The second-order valence-corrected chi connectivity index (χ2v) is 5.57. The SMILES string of the molecule is NC(=S)c1ccccc1NS(=O)(=O)c1cn[nH]c1. The number of aromatic amines is 1. The molecule has 94 valence electrons. The molecular weight excluding hydrogens is 272 g/mol. The Kier molecular flexibility index (Phi) is 3.30. The van der Waals surface area contributed by atoms with Crippen LogP contribution >= 0.6 is 12.2 Å². The fourth-order valence-corrected chi connectivity index (χ4v) is 2.54. The molecule has 2 rings (SSSR count). The van der Waals surface area contributed by atoms with Crippen molar-refractivity contribution in [2.24, 2.45) is 5.73 Å². The Labute approximate surface area is 109 Å². The molecule has 0 amide bonds. The van der Waals surface area contributed by atoms with Crippen molar-refractivity contribution in [1.82, 2.24) is 10.2 Å². The topological polar surface area (TPSA) is 101 Å². The molecule has 1 aromatic heterocycles. The van der Waals surface area contributed by atoms with Crippen molar-refractivity contribution in [3.8, 4) is 0 Å². The molecule has 0 radical (unpaired) electrons. The van der Waals surface area contributed by atoms with Gasteiger partial charge in [-0.25, -0.2) is 8.42 Å². The van der Waals surface area contributed by atoms with E-state index in [1.165, 1.54) is 12.4 Å². The molecule has 0 saturated carbocycles. The second-order valence-electron chi connectivity index (χ2n) is 3.45. The number of nitrogens with zero attached hydrogens (tertiary/aromatic N) is 1. The third-order valence-electron chi connectivity index (χ3n) is 2.22. The summed E-state index contributed by atoms with van der Waals surface area (Å²) >= 11 is 4.86. The van der Waals surface area contributed by atoms with Gasteiger partial charge in [0.15, 0.2) is 0 Å². The molecule has 1 aromatic carbocycles. The standard InChI is InChI=1S/C10H10N4O2S2/c11-10(17)8-3-1-2-4-9(8)14-18(15,16)7-5-12-13-6-7/h1-6,14H,(H2,11,17)(H,12,13). The van der Waals surface area contributed by atoms with Crippen LogP contribution in [0.25, 0.3) is 0 Å². The Morgan fingerprint density at radius 1 is 1.39 bits per heavy atom. The first kappa shape index (κ1) is 12.5. The van der Waals surface area contributed by atoms with E-state index in [2.05, 4.69) is 14.9 Å². The van der Waals surface area contributed by atoms with Gasteiger partial charge in [-0.15, -0.1) is 0 Å². The minimum Gasteiger partial charge on any atom is -0.389 e. The molecule has 4 N–H and O–H groups in total. The largest absolute Gasteiger partial charge is 0.389 e. The van der Waals surface area contributed by atoms with Gasteiger partial charge in [0.1, 0.15) is 9.88 Å². The van der Waals surface area contributed by atoms with Crippen LogP contribution < -0.4 is 10.5 Å². The van der Waals surface area contributed by atoms with E-state index in [1.54, 1.807) is 24.3 Å². The number of thiocarbonyl (C=S) groups is 1. The summed E-state index contributed by atoms with van der Waals surface area (Å²) in [6.07, 6.45) is 2.50. The third kappa shape index (κ3) is 2.49. The molecule has 18 heavy (non-hydrogen) atoms. The highest BCUT2D eigenvalue weighted by molar-refractivity contribution is 7.92. The van der Waals surface area contributed by atoms with Crippen LogP contribution in [0.5, 0.6) is 0 Å². The van der Waals surface area contributed by atoms with Crippen LogP contribution in [0.2, 0.25) is 0 Å². The van der Waals surface area contributed by atoms with Crippen LogP contribution in [0.1, 0.15) is 5.56 Å². The van der Waals surface area contributed by atoms with Gasteiger partial charge in [0, 0.05) is 11.8 Å². The molecular formula is C10H10N4O2S2. The van der Waals surface area contributed by atoms with Crippen molar-refractivity contribution >= 4 is 32.9 Å². The fourth-order valence-electron chi connectivity index (χ4n) is 1.38. The first-order chi connectivity index (χ1) is 8.50. The molecule has 0 aliphatic carbocycles. The number of hydrogen-bond acceptors (Lipinski definition) is 4. The Morgan fingerprint density at radius 3 is 2.72 bits per heavy atom. The first-order valence-electron chi connectivity index (χ1n) is 4.91. The van der Waals surface area contributed by atoms with Gasteiger partial charge in [-0.3, -0.25) is 9.82 Å². The zero-order valence-electron chi connectivity index (χ0n) is 9.12. The highest BCUT2D eigenvalue weighted by Crippen LogP contribution is 2.19. The molecule has 0 spiro atoms. The minimum absolute atomic E-state index is 0.0419. The molecule has 0 saturated heterocycles. The summed E-state index contributed by atoms with van der Waals surface area (Å²) in [5.41, 5.74) is 6.34. The van der Waals surface area contributed by atoms with Gasteiger partial charge in [-0.05, 0) is 12.1 Å². The first-order valence-corrected chi connectivity index (χ1v) is 6.80. The number of aromatic nitrogens is 2. The lowest BCUT2D eigenvalue weighted by Gasteiger charge is -2.10. The molecule has 0 atom stereocenters. The number of nitrogens with two attached hydrogens (primary N) is 1. The highest BCUT2D eigenvalue weighted by atomic mass is 32.2. The Bertz CT molecular complexity index is 665. The van der Waals surface area contributed by atoms with Gasteiger partial charge in [0.25, 0.3) is 10.0 Å². The number of para-hydroxylation sites is 1. The average Bonchev–Trinajstić information content (AvgIpc) is 2.83. The van der Waals surface area contributed by atoms with Gasteiger partial charge in [-0.1, -0.05) is 24.4 Å². The lowest BCUT2D eigenvalue weighted by atomic mass is 10.2. The normalized spacial score (nSPS) is 11.1. The predicted octanol–water partition coefficient (Wildman–Crippen LogP) is 0.845. The summed E-state index contributed by atoms with van der Waals surface area (Å²) in [6, 6.07) is 6.65. The Hall–Kier alpha value is -1.93. The van der Waals surface area contributed by atoms with E-state index in [0.29, 0.717) is 11.3 Å². The van der Waals surface area contributed by atoms with Gasteiger partial charge in [0.05, 0.1) is 11.9 Å². The maximum absolute atomic E-state index is 12.0. The fraction of sp³-hybridized carbons (Fsp3) is 0. The second kappa shape index (κ2) is 4.75. The molecule has 0 fully saturated rings. The molecule has 8 heteroatoms. The van der Waals surface area contributed by atoms with E-state index in [0.717, 1.165) is 0 Å². The Balaban J connectivity index is 2.39. The maximum Gasteiger partial charge on any atom is 0.265 e.